The van der Waals surface area contributed by atoms with Gasteiger partial charge < -0.3 is 14.4 Å². The SMILES string of the molecule is C=CCn1cnnc1CCC(O)COCCC. The van der Waals surface area contributed by atoms with Gasteiger partial charge >= 0.3 is 0 Å². The highest BCUT2D eigenvalue weighted by molar-refractivity contribution is 4.89. The number of nitrogens with zero attached hydrogens (tertiary/aromatic N) is 3. The van der Waals surface area contributed by atoms with Gasteiger partial charge in [-0.05, 0) is 12.8 Å². The number of aliphatic hydroxyl groups excluding tert-OH is 1. The Balaban J connectivity index is 2.28. The van der Waals surface area contributed by atoms with Crippen LogP contribution in [0.2, 0.25) is 0 Å². The number of rotatable bonds is 9. The molecule has 0 aliphatic rings. The van der Waals surface area contributed by atoms with Crippen LogP contribution >= 0.6 is 0 Å². The number of aliphatic hydroxyl groups is 1. The Kier molecular flexibility index (Phi) is 6.50. The van der Waals surface area contributed by atoms with Gasteiger partial charge in [0.25, 0.3) is 0 Å². The van der Waals surface area contributed by atoms with E-state index in [9.17, 15) is 5.11 Å². The minimum Gasteiger partial charge on any atom is -0.391 e. The molecule has 0 radical (unpaired) electrons. The average Bonchev–Trinajstić information content (AvgIpc) is 2.75. The highest BCUT2D eigenvalue weighted by Gasteiger charge is 2.08. The topological polar surface area (TPSA) is 60.2 Å². The second-order valence-electron chi connectivity index (χ2n) is 3.96. The van der Waals surface area contributed by atoms with Crippen molar-refractivity contribution < 1.29 is 9.84 Å². The van der Waals surface area contributed by atoms with Gasteiger partial charge in [0, 0.05) is 19.6 Å². The highest BCUT2D eigenvalue weighted by atomic mass is 16.5. The van der Waals surface area contributed by atoms with Crippen molar-refractivity contribution in [3.8, 4) is 0 Å². The number of hydrogen-bond donors (Lipinski definition) is 1. The van der Waals surface area contributed by atoms with E-state index in [1.54, 1.807) is 12.4 Å². The third-order valence-electron chi connectivity index (χ3n) is 2.38. The van der Waals surface area contributed by atoms with Gasteiger partial charge in [-0.2, -0.15) is 0 Å². The van der Waals surface area contributed by atoms with Crippen LogP contribution in [-0.4, -0.2) is 39.2 Å². The Morgan fingerprint density at radius 1 is 1.65 bits per heavy atom. The van der Waals surface area contributed by atoms with E-state index in [1.807, 2.05) is 11.5 Å². The van der Waals surface area contributed by atoms with Crippen molar-refractivity contribution in [2.75, 3.05) is 13.2 Å². The average molecular weight is 239 g/mol. The molecule has 1 atom stereocenters. The standard InChI is InChI=1S/C12H21N3O2/c1-3-7-15-10-13-14-12(15)6-5-11(16)9-17-8-4-2/h3,10-11,16H,1,4-9H2,2H3. The van der Waals surface area contributed by atoms with Gasteiger partial charge in [0.15, 0.2) is 0 Å². The van der Waals surface area contributed by atoms with Crippen molar-refractivity contribution in [1.29, 1.82) is 0 Å². The number of aryl methyl sites for hydroxylation is 1. The lowest BCUT2D eigenvalue weighted by Crippen LogP contribution is -2.17. The van der Waals surface area contributed by atoms with Gasteiger partial charge in [-0.3, -0.25) is 0 Å². The molecular weight excluding hydrogens is 218 g/mol. The molecule has 0 saturated heterocycles. The Hall–Kier alpha value is -1.20. The van der Waals surface area contributed by atoms with Crippen LogP contribution in [-0.2, 0) is 17.7 Å². The van der Waals surface area contributed by atoms with Crippen LogP contribution in [0.5, 0.6) is 0 Å². The van der Waals surface area contributed by atoms with Gasteiger partial charge in [-0.15, -0.1) is 16.8 Å². The summed E-state index contributed by atoms with van der Waals surface area (Å²) in [6, 6.07) is 0. The van der Waals surface area contributed by atoms with E-state index in [0.717, 1.165) is 12.2 Å². The molecule has 0 aliphatic carbocycles. The fourth-order valence-electron chi connectivity index (χ4n) is 1.51. The summed E-state index contributed by atoms with van der Waals surface area (Å²) in [5.41, 5.74) is 0. The molecule has 0 spiro atoms. The van der Waals surface area contributed by atoms with Crippen molar-refractivity contribution >= 4 is 0 Å². The quantitative estimate of drug-likeness (QED) is 0.519. The van der Waals surface area contributed by atoms with E-state index in [0.29, 0.717) is 32.6 Å². The summed E-state index contributed by atoms with van der Waals surface area (Å²) in [5, 5.41) is 17.6. The molecule has 5 heteroatoms. The lowest BCUT2D eigenvalue weighted by molar-refractivity contribution is 0.0327. The van der Waals surface area contributed by atoms with Crippen molar-refractivity contribution in [2.24, 2.45) is 0 Å². The fraction of sp³-hybridized carbons (Fsp3) is 0.667. The third kappa shape index (κ3) is 5.10. The maximum Gasteiger partial charge on any atom is 0.133 e. The van der Waals surface area contributed by atoms with Gasteiger partial charge in [0.1, 0.15) is 12.2 Å². The predicted molar refractivity (Wildman–Crippen MR) is 65.7 cm³/mol. The third-order valence-corrected chi connectivity index (χ3v) is 2.38. The monoisotopic (exact) mass is 239 g/mol. The molecule has 0 bridgehead atoms. The molecule has 17 heavy (non-hydrogen) atoms. The van der Waals surface area contributed by atoms with Crippen LogP contribution in [0.4, 0.5) is 0 Å². The van der Waals surface area contributed by atoms with Gasteiger partial charge in [0.05, 0.1) is 12.7 Å². The molecule has 0 saturated carbocycles. The van der Waals surface area contributed by atoms with E-state index in [1.165, 1.54) is 0 Å². The van der Waals surface area contributed by atoms with E-state index in [4.69, 9.17) is 4.74 Å². The van der Waals surface area contributed by atoms with Crippen LogP contribution in [0, 0.1) is 0 Å². The van der Waals surface area contributed by atoms with E-state index in [2.05, 4.69) is 16.8 Å². The molecule has 1 heterocycles. The summed E-state index contributed by atoms with van der Waals surface area (Å²) >= 11 is 0. The largest absolute Gasteiger partial charge is 0.391 e. The second kappa shape index (κ2) is 7.97. The fourth-order valence-corrected chi connectivity index (χ4v) is 1.51. The zero-order valence-electron chi connectivity index (χ0n) is 10.4. The first-order valence-electron chi connectivity index (χ1n) is 6.01. The molecule has 0 amide bonds. The summed E-state index contributed by atoms with van der Waals surface area (Å²) in [4.78, 5) is 0. The molecule has 5 nitrogen and oxygen atoms in total. The Morgan fingerprint density at radius 2 is 2.47 bits per heavy atom. The molecule has 1 aromatic heterocycles. The first-order valence-corrected chi connectivity index (χ1v) is 6.01. The maximum atomic E-state index is 9.69. The van der Waals surface area contributed by atoms with Crippen molar-refractivity contribution in [1.82, 2.24) is 14.8 Å². The van der Waals surface area contributed by atoms with E-state index >= 15 is 0 Å². The zero-order valence-corrected chi connectivity index (χ0v) is 10.4. The minimum atomic E-state index is -0.435. The van der Waals surface area contributed by atoms with E-state index in [-0.39, 0.29) is 0 Å². The van der Waals surface area contributed by atoms with Gasteiger partial charge in [0.2, 0.25) is 0 Å². The summed E-state index contributed by atoms with van der Waals surface area (Å²) in [5.74, 6) is 0.874. The molecule has 0 fully saturated rings. The lowest BCUT2D eigenvalue weighted by atomic mass is 10.2. The van der Waals surface area contributed by atoms with Gasteiger partial charge in [-0.1, -0.05) is 13.0 Å². The molecule has 96 valence electrons. The Labute approximate surface area is 102 Å². The maximum absolute atomic E-state index is 9.69. The van der Waals surface area contributed by atoms with Crippen LogP contribution < -0.4 is 0 Å². The van der Waals surface area contributed by atoms with Crippen LogP contribution in [0.3, 0.4) is 0 Å². The Bertz CT molecular complexity index is 325. The van der Waals surface area contributed by atoms with Crippen molar-refractivity contribution in [3.05, 3.63) is 24.8 Å². The summed E-state index contributed by atoms with van der Waals surface area (Å²) in [6.45, 7) is 7.51. The molecule has 0 aliphatic heterocycles. The van der Waals surface area contributed by atoms with Crippen molar-refractivity contribution in [3.63, 3.8) is 0 Å². The van der Waals surface area contributed by atoms with Gasteiger partial charge in [-0.25, -0.2) is 0 Å². The first kappa shape index (κ1) is 13.9. The summed E-state index contributed by atoms with van der Waals surface area (Å²) in [6.07, 6.45) is 5.35. The minimum absolute atomic E-state index is 0.392. The zero-order chi connectivity index (χ0) is 12.5. The number of aromatic nitrogens is 3. The summed E-state index contributed by atoms with van der Waals surface area (Å²) < 4.78 is 7.21. The molecule has 1 unspecified atom stereocenters. The normalized spacial score (nSPS) is 12.6. The predicted octanol–water partition coefficient (Wildman–Crippen LogP) is 1.18. The van der Waals surface area contributed by atoms with Crippen LogP contribution in [0.1, 0.15) is 25.6 Å². The summed E-state index contributed by atoms with van der Waals surface area (Å²) in [7, 11) is 0. The van der Waals surface area contributed by atoms with Crippen LogP contribution in [0.15, 0.2) is 19.0 Å². The second-order valence-corrected chi connectivity index (χ2v) is 3.96. The smallest absolute Gasteiger partial charge is 0.133 e. The van der Waals surface area contributed by atoms with E-state index < -0.39 is 6.10 Å². The van der Waals surface area contributed by atoms with Crippen LogP contribution in [0.25, 0.3) is 0 Å². The van der Waals surface area contributed by atoms with Crippen molar-refractivity contribution in [2.45, 2.75) is 38.8 Å². The highest BCUT2D eigenvalue weighted by Crippen LogP contribution is 2.03. The lowest BCUT2D eigenvalue weighted by Gasteiger charge is -2.10. The first-order chi connectivity index (χ1) is 8.27. The Morgan fingerprint density at radius 3 is 3.18 bits per heavy atom. The molecule has 1 rings (SSSR count). The molecule has 1 N–H and O–H groups in total. The molecular formula is C12H21N3O2. The number of hydrogen-bond acceptors (Lipinski definition) is 4. The number of ether oxygens (including phenoxy) is 1. The number of allylic oxidation sites excluding steroid dienone is 1. The molecule has 0 aromatic carbocycles. The molecule has 1 aromatic rings.